The third-order valence-corrected chi connectivity index (χ3v) is 4.53. The molecule has 5 nitrogen and oxygen atoms in total. The SMILES string of the molecule is CC(Cc1ccco1)NC(=O)c1cccc(-n2nccc2-c2ccccc2)c1. The first-order chi connectivity index (χ1) is 13.7. The van der Waals surface area contributed by atoms with Gasteiger partial charge in [0.25, 0.3) is 5.91 Å². The Morgan fingerprint density at radius 2 is 1.93 bits per heavy atom. The zero-order valence-electron chi connectivity index (χ0n) is 15.6. The van der Waals surface area contributed by atoms with Crippen LogP contribution in [-0.4, -0.2) is 21.7 Å². The van der Waals surface area contributed by atoms with Crippen LogP contribution in [-0.2, 0) is 6.42 Å². The number of nitrogens with zero attached hydrogens (tertiary/aromatic N) is 2. The summed E-state index contributed by atoms with van der Waals surface area (Å²) in [6, 6.07) is 23.2. The summed E-state index contributed by atoms with van der Waals surface area (Å²) in [5, 5.41) is 7.47. The highest BCUT2D eigenvalue weighted by molar-refractivity contribution is 5.95. The molecule has 1 amide bonds. The quantitative estimate of drug-likeness (QED) is 0.543. The molecular weight excluding hydrogens is 350 g/mol. The van der Waals surface area contributed by atoms with E-state index in [0.717, 1.165) is 22.7 Å². The number of hydrogen-bond donors (Lipinski definition) is 1. The van der Waals surface area contributed by atoms with Gasteiger partial charge in [0.15, 0.2) is 0 Å². The smallest absolute Gasteiger partial charge is 0.251 e. The third kappa shape index (κ3) is 3.88. The van der Waals surface area contributed by atoms with Crippen molar-refractivity contribution in [2.24, 2.45) is 0 Å². The zero-order valence-corrected chi connectivity index (χ0v) is 15.6. The van der Waals surface area contributed by atoms with Gasteiger partial charge in [0.1, 0.15) is 5.76 Å². The summed E-state index contributed by atoms with van der Waals surface area (Å²) in [5.74, 6) is 0.736. The molecule has 1 atom stereocenters. The van der Waals surface area contributed by atoms with E-state index in [9.17, 15) is 4.79 Å². The van der Waals surface area contributed by atoms with Crippen molar-refractivity contribution >= 4 is 5.91 Å². The first-order valence-electron chi connectivity index (χ1n) is 9.24. The molecule has 0 fully saturated rings. The van der Waals surface area contributed by atoms with E-state index in [0.29, 0.717) is 12.0 Å². The van der Waals surface area contributed by atoms with Gasteiger partial charge in [-0.1, -0.05) is 36.4 Å². The Morgan fingerprint density at radius 3 is 2.71 bits per heavy atom. The number of carbonyl (C=O) groups excluding carboxylic acids is 1. The molecule has 0 aliphatic carbocycles. The van der Waals surface area contributed by atoms with Crippen LogP contribution in [0, 0.1) is 0 Å². The fraction of sp³-hybridized carbons (Fsp3) is 0.130. The lowest BCUT2D eigenvalue weighted by Gasteiger charge is -2.14. The molecule has 0 saturated carbocycles. The predicted molar refractivity (Wildman–Crippen MR) is 108 cm³/mol. The van der Waals surface area contributed by atoms with Crippen LogP contribution in [0.3, 0.4) is 0 Å². The zero-order chi connectivity index (χ0) is 19.3. The Hall–Kier alpha value is -3.60. The van der Waals surface area contributed by atoms with Gasteiger partial charge < -0.3 is 9.73 Å². The van der Waals surface area contributed by atoms with Gasteiger partial charge in [-0.05, 0) is 43.3 Å². The molecule has 2 aromatic carbocycles. The summed E-state index contributed by atoms with van der Waals surface area (Å²) >= 11 is 0. The first kappa shape index (κ1) is 17.8. The molecule has 140 valence electrons. The summed E-state index contributed by atoms with van der Waals surface area (Å²) in [4.78, 5) is 12.7. The minimum absolute atomic E-state index is 0.0353. The van der Waals surface area contributed by atoms with Gasteiger partial charge in [-0.25, -0.2) is 4.68 Å². The maximum atomic E-state index is 12.7. The number of hydrogen-bond acceptors (Lipinski definition) is 3. The second kappa shape index (κ2) is 7.96. The van der Waals surface area contributed by atoms with Gasteiger partial charge in [-0.2, -0.15) is 5.10 Å². The second-order valence-corrected chi connectivity index (χ2v) is 6.70. The van der Waals surface area contributed by atoms with Crippen LogP contribution in [0.1, 0.15) is 23.0 Å². The minimum Gasteiger partial charge on any atom is -0.469 e. The van der Waals surface area contributed by atoms with E-state index in [2.05, 4.69) is 10.4 Å². The standard InChI is InChI=1S/C23H21N3O2/c1-17(15-21-11-6-14-28-21)25-23(27)19-9-5-10-20(16-19)26-22(12-13-24-26)18-7-3-2-4-8-18/h2-14,16-17H,15H2,1H3,(H,25,27). The molecule has 1 N–H and O–H groups in total. The van der Waals surface area contributed by atoms with Crippen molar-refractivity contribution < 1.29 is 9.21 Å². The van der Waals surface area contributed by atoms with Crippen molar-refractivity contribution in [2.75, 3.05) is 0 Å². The monoisotopic (exact) mass is 371 g/mol. The van der Waals surface area contributed by atoms with Crippen LogP contribution in [0.25, 0.3) is 16.9 Å². The molecule has 0 saturated heterocycles. The van der Waals surface area contributed by atoms with E-state index in [1.807, 2.05) is 84.4 Å². The summed E-state index contributed by atoms with van der Waals surface area (Å²) in [7, 11) is 0. The molecule has 4 aromatic rings. The van der Waals surface area contributed by atoms with Gasteiger partial charge in [0.05, 0.1) is 23.8 Å². The maximum Gasteiger partial charge on any atom is 0.251 e. The maximum absolute atomic E-state index is 12.7. The molecule has 5 heteroatoms. The minimum atomic E-state index is -0.116. The highest BCUT2D eigenvalue weighted by Gasteiger charge is 2.13. The van der Waals surface area contributed by atoms with Crippen molar-refractivity contribution in [3.63, 3.8) is 0 Å². The van der Waals surface area contributed by atoms with Crippen LogP contribution in [0.5, 0.6) is 0 Å². The van der Waals surface area contributed by atoms with E-state index in [4.69, 9.17) is 4.42 Å². The Bertz CT molecular complexity index is 1050. The highest BCUT2D eigenvalue weighted by Crippen LogP contribution is 2.22. The number of benzene rings is 2. The number of furan rings is 1. The van der Waals surface area contributed by atoms with Gasteiger partial charge in [0, 0.05) is 23.6 Å². The van der Waals surface area contributed by atoms with Gasteiger partial charge >= 0.3 is 0 Å². The lowest BCUT2D eigenvalue weighted by atomic mass is 10.1. The van der Waals surface area contributed by atoms with Crippen molar-refractivity contribution in [2.45, 2.75) is 19.4 Å². The largest absolute Gasteiger partial charge is 0.469 e. The number of nitrogens with one attached hydrogen (secondary N) is 1. The fourth-order valence-electron chi connectivity index (χ4n) is 3.20. The molecule has 2 heterocycles. The molecule has 0 aliphatic heterocycles. The molecule has 0 bridgehead atoms. The van der Waals surface area contributed by atoms with Crippen molar-refractivity contribution in [3.05, 3.63) is 96.6 Å². The third-order valence-electron chi connectivity index (χ3n) is 4.53. The number of aromatic nitrogens is 2. The molecular formula is C23H21N3O2. The van der Waals surface area contributed by atoms with Crippen LogP contribution >= 0.6 is 0 Å². The van der Waals surface area contributed by atoms with E-state index in [1.54, 1.807) is 12.5 Å². The molecule has 4 rings (SSSR count). The van der Waals surface area contributed by atoms with Crippen LogP contribution < -0.4 is 5.32 Å². The van der Waals surface area contributed by atoms with Crippen LogP contribution in [0.2, 0.25) is 0 Å². The molecule has 0 spiro atoms. The topological polar surface area (TPSA) is 60.1 Å². The number of rotatable bonds is 6. The first-order valence-corrected chi connectivity index (χ1v) is 9.24. The fourth-order valence-corrected chi connectivity index (χ4v) is 3.20. The molecule has 28 heavy (non-hydrogen) atoms. The lowest BCUT2D eigenvalue weighted by Crippen LogP contribution is -2.34. The Balaban J connectivity index is 1.54. The molecule has 2 aromatic heterocycles. The summed E-state index contributed by atoms with van der Waals surface area (Å²) in [6.07, 6.45) is 4.05. The lowest BCUT2D eigenvalue weighted by molar-refractivity contribution is 0.0939. The highest BCUT2D eigenvalue weighted by atomic mass is 16.3. The summed E-state index contributed by atoms with van der Waals surface area (Å²) < 4.78 is 7.20. The Labute approximate surface area is 163 Å². The second-order valence-electron chi connectivity index (χ2n) is 6.70. The molecule has 0 radical (unpaired) electrons. The number of carbonyl (C=O) groups is 1. The van der Waals surface area contributed by atoms with E-state index >= 15 is 0 Å². The normalized spacial score (nSPS) is 11.9. The Morgan fingerprint density at radius 1 is 1.07 bits per heavy atom. The molecule has 1 unspecified atom stereocenters. The van der Waals surface area contributed by atoms with Gasteiger partial charge in [-0.3, -0.25) is 4.79 Å². The van der Waals surface area contributed by atoms with Crippen LogP contribution in [0.4, 0.5) is 0 Å². The van der Waals surface area contributed by atoms with E-state index in [-0.39, 0.29) is 11.9 Å². The molecule has 0 aliphatic rings. The van der Waals surface area contributed by atoms with Gasteiger partial charge in [0.2, 0.25) is 0 Å². The van der Waals surface area contributed by atoms with Crippen molar-refractivity contribution in [1.82, 2.24) is 15.1 Å². The van der Waals surface area contributed by atoms with Crippen molar-refractivity contribution in [3.8, 4) is 16.9 Å². The average Bonchev–Trinajstić information content (AvgIpc) is 3.40. The summed E-state index contributed by atoms with van der Waals surface area (Å²) in [5.41, 5.74) is 3.49. The van der Waals surface area contributed by atoms with Crippen LogP contribution in [0.15, 0.2) is 89.7 Å². The predicted octanol–water partition coefficient (Wildman–Crippen LogP) is 4.49. The Kier molecular flexibility index (Phi) is 5.06. The number of amides is 1. The van der Waals surface area contributed by atoms with E-state index < -0.39 is 0 Å². The average molecular weight is 371 g/mol. The van der Waals surface area contributed by atoms with Gasteiger partial charge in [-0.15, -0.1) is 0 Å². The van der Waals surface area contributed by atoms with E-state index in [1.165, 1.54) is 0 Å². The van der Waals surface area contributed by atoms with Crippen molar-refractivity contribution in [1.29, 1.82) is 0 Å². The summed E-state index contributed by atoms with van der Waals surface area (Å²) in [6.45, 7) is 1.96.